The zero-order valence-electron chi connectivity index (χ0n) is 15.4. The quantitative estimate of drug-likeness (QED) is 0.872. The van der Waals surface area contributed by atoms with E-state index in [1.807, 2.05) is 12.1 Å². The number of hydrogen-bond acceptors (Lipinski definition) is 3. The topological polar surface area (TPSA) is 65.6 Å². The van der Waals surface area contributed by atoms with Crippen molar-refractivity contribution in [3.63, 3.8) is 0 Å². The Morgan fingerprint density at radius 3 is 2.37 bits per heavy atom. The van der Waals surface area contributed by atoms with Gasteiger partial charge in [0.15, 0.2) is 11.6 Å². The highest BCUT2D eigenvalue weighted by Crippen LogP contribution is 2.18. The van der Waals surface area contributed by atoms with Crippen molar-refractivity contribution in [3.8, 4) is 5.75 Å². The molecule has 2 aromatic rings. The summed E-state index contributed by atoms with van der Waals surface area (Å²) in [4.78, 5) is 31.6. The number of carbonyl (C=O) groups is 2. The van der Waals surface area contributed by atoms with Crippen molar-refractivity contribution >= 4 is 11.8 Å². The number of halogens is 1. The molecule has 1 aliphatic rings. The summed E-state index contributed by atoms with van der Waals surface area (Å²) in [6.45, 7) is 2.25. The van der Waals surface area contributed by atoms with Crippen molar-refractivity contribution < 1.29 is 18.7 Å². The van der Waals surface area contributed by atoms with Crippen LogP contribution in [0.1, 0.15) is 17.7 Å². The molecule has 1 fully saturated rings. The van der Waals surface area contributed by atoms with Crippen LogP contribution in [0.5, 0.6) is 5.75 Å². The van der Waals surface area contributed by atoms with Crippen LogP contribution in [0.15, 0.2) is 36.5 Å². The van der Waals surface area contributed by atoms with Gasteiger partial charge >= 0.3 is 0 Å². The van der Waals surface area contributed by atoms with Gasteiger partial charge in [0.1, 0.15) is 0 Å². The largest absolute Gasteiger partial charge is 0.494 e. The first-order valence-corrected chi connectivity index (χ1v) is 9.07. The number of methoxy groups -OCH3 is 1. The molecule has 6 nitrogen and oxygen atoms in total. The Labute approximate surface area is 157 Å². The van der Waals surface area contributed by atoms with E-state index in [-0.39, 0.29) is 24.0 Å². The highest BCUT2D eigenvalue weighted by Gasteiger charge is 2.22. The average Bonchev–Trinajstić information content (AvgIpc) is 3.02. The maximum absolute atomic E-state index is 13.8. The number of hydrogen-bond donors (Lipinski definition) is 1. The Morgan fingerprint density at radius 2 is 1.78 bits per heavy atom. The maximum atomic E-state index is 13.8. The van der Waals surface area contributed by atoms with Crippen molar-refractivity contribution in [2.75, 3.05) is 33.3 Å². The molecule has 0 atom stereocenters. The normalized spacial score (nSPS) is 14.7. The Hall–Kier alpha value is -2.83. The van der Waals surface area contributed by atoms with Crippen LogP contribution in [0, 0.1) is 5.82 Å². The minimum Gasteiger partial charge on any atom is -0.494 e. The number of carbonyl (C=O) groups excluding carboxylic acids is 2. The highest BCUT2D eigenvalue weighted by atomic mass is 19.1. The summed E-state index contributed by atoms with van der Waals surface area (Å²) in [6, 6.07) is 8.32. The van der Waals surface area contributed by atoms with Crippen molar-refractivity contribution in [3.05, 3.63) is 53.6 Å². The molecule has 0 spiro atoms. The molecule has 2 amide bonds. The Bertz CT molecular complexity index is 792. The van der Waals surface area contributed by atoms with Gasteiger partial charge in [-0.3, -0.25) is 9.59 Å². The number of aromatic amines is 1. The number of nitrogens with one attached hydrogen (secondary N) is 1. The predicted octanol–water partition coefficient (Wildman–Crippen LogP) is 2.01. The van der Waals surface area contributed by atoms with Gasteiger partial charge in [-0.1, -0.05) is 6.07 Å². The third-order valence-electron chi connectivity index (χ3n) is 4.78. The molecule has 2 heterocycles. The van der Waals surface area contributed by atoms with Gasteiger partial charge in [0.05, 0.1) is 20.0 Å². The van der Waals surface area contributed by atoms with Gasteiger partial charge in [0.2, 0.25) is 11.8 Å². The lowest BCUT2D eigenvalue weighted by Crippen LogP contribution is -2.38. The number of ether oxygens (including phenoxy) is 1. The van der Waals surface area contributed by atoms with E-state index in [1.54, 1.807) is 22.1 Å². The Kier molecular flexibility index (Phi) is 6.11. The second-order valence-corrected chi connectivity index (χ2v) is 6.63. The SMILES string of the molecule is COc1ccc(CC(=O)N2CCCN(C(=O)Cc3ccc[nH]3)CC2)cc1F. The molecule has 1 aromatic carbocycles. The summed E-state index contributed by atoms with van der Waals surface area (Å²) >= 11 is 0. The molecule has 27 heavy (non-hydrogen) atoms. The Morgan fingerprint density at radius 1 is 1.07 bits per heavy atom. The van der Waals surface area contributed by atoms with E-state index >= 15 is 0 Å². The molecule has 1 saturated heterocycles. The van der Waals surface area contributed by atoms with Crippen molar-refractivity contribution in [1.82, 2.24) is 14.8 Å². The van der Waals surface area contributed by atoms with Crippen LogP contribution in [0.25, 0.3) is 0 Å². The molecule has 3 rings (SSSR count). The molecule has 7 heteroatoms. The molecular weight excluding hydrogens is 349 g/mol. The first kappa shape index (κ1) is 18.9. The van der Waals surface area contributed by atoms with Gasteiger partial charge in [-0.15, -0.1) is 0 Å². The summed E-state index contributed by atoms with van der Waals surface area (Å²) in [5.74, 6) is -0.306. The zero-order valence-corrected chi connectivity index (χ0v) is 15.4. The first-order valence-electron chi connectivity index (χ1n) is 9.07. The fourth-order valence-corrected chi connectivity index (χ4v) is 3.27. The predicted molar refractivity (Wildman–Crippen MR) is 98.9 cm³/mol. The number of nitrogens with zero attached hydrogens (tertiary/aromatic N) is 2. The van der Waals surface area contributed by atoms with E-state index in [0.29, 0.717) is 38.2 Å². The highest BCUT2D eigenvalue weighted by molar-refractivity contribution is 5.80. The Balaban J connectivity index is 1.54. The molecular formula is C20H24FN3O3. The van der Waals surface area contributed by atoms with E-state index in [1.165, 1.54) is 19.2 Å². The number of amides is 2. The lowest BCUT2D eigenvalue weighted by atomic mass is 10.1. The van der Waals surface area contributed by atoms with Crippen LogP contribution in [-0.2, 0) is 22.4 Å². The summed E-state index contributed by atoms with van der Waals surface area (Å²) < 4.78 is 18.7. The summed E-state index contributed by atoms with van der Waals surface area (Å²) in [5.41, 5.74) is 1.50. The fraction of sp³-hybridized carbons (Fsp3) is 0.400. The fourth-order valence-electron chi connectivity index (χ4n) is 3.27. The lowest BCUT2D eigenvalue weighted by molar-refractivity contribution is -0.132. The van der Waals surface area contributed by atoms with Crippen LogP contribution in [0.4, 0.5) is 4.39 Å². The van der Waals surface area contributed by atoms with Crippen molar-refractivity contribution in [2.24, 2.45) is 0 Å². The zero-order chi connectivity index (χ0) is 19.2. The molecule has 0 bridgehead atoms. The summed E-state index contributed by atoms with van der Waals surface area (Å²) in [5, 5.41) is 0. The monoisotopic (exact) mass is 373 g/mol. The smallest absolute Gasteiger partial charge is 0.228 e. The maximum Gasteiger partial charge on any atom is 0.228 e. The van der Waals surface area contributed by atoms with Gasteiger partial charge in [0.25, 0.3) is 0 Å². The lowest BCUT2D eigenvalue weighted by Gasteiger charge is -2.22. The van der Waals surface area contributed by atoms with Crippen LogP contribution in [0.2, 0.25) is 0 Å². The summed E-state index contributed by atoms with van der Waals surface area (Å²) in [7, 11) is 1.41. The van der Waals surface area contributed by atoms with Crippen LogP contribution in [0.3, 0.4) is 0 Å². The molecule has 0 radical (unpaired) electrons. The third kappa shape index (κ3) is 4.87. The molecule has 0 saturated carbocycles. The summed E-state index contributed by atoms with van der Waals surface area (Å²) in [6.07, 6.45) is 3.01. The van der Waals surface area contributed by atoms with E-state index in [0.717, 1.165) is 12.1 Å². The third-order valence-corrected chi connectivity index (χ3v) is 4.78. The molecule has 1 aromatic heterocycles. The van der Waals surface area contributed by atoms with Gasteiger partial charge in [-0.2, -0.15) is 0 Å². The minimum absolute atomic E-state index is 0.0572. The van der Waals surface area contributed by atoms with Gasteiger partial charge in [0, 0.05) is 38.1 Å². The van der Waals surface area contributed by atoms with Gasteiger partial charge in [-0.05, 0) is 36.2 Å². The first-order chi connectivity index (χ1) is 13.1. The average molecular weight is 373 g/mol. The second kappa shape index (κ2) is 8.70. The molecule has 0 unspecified atom stereocenters. The van der Waals surface area contributed by atoms with E-state index in [2.05, 4.69) is 4.98 Å². The molecule has 144 valence electrons. The van der Waals surface area contributed by atoms with E-state index in [4.69, 9.17) is 4.74 Å². The standard InChI is InChI=1S/C20H24FN3O3/c1-27-18-6-5-15(12-17(18)21)13-19(25)23-8-3-9-24(11-10-23)20(26)14-16-4-2-7-22-16/h2,4-7,12,22H,3,8-11,13-14H2,1H3. The van der Waals surface area contributed by atoms with Crippen LogP contribution < -0.4 is 4.74 Å². The second-order valence-electron chi connectivity index (χ2n) is 6.63. The number of rotatable bonds is 5. The number of H-pyrrole nitrogens is 1. The van der Waals surface area contributed by atoms with Crippen LogP contribution in [-0.4, -0.2) is 59.9 Å². The van der Waals surface area contributed by atoms with Crippen LogP contribution >= 0.6 is 0 Å². The molecule has 0 aliphatic carbocycles. The number of benzene rings is 1. The number of aromatic nitrogens is 1. The van der Waals surface area contributed by atoms with Crippen molar-refractivity contribution in [2.45, 2.75) is 19.3 Å². The van der Waals surface area contributed by atoms with Gasteiger partial charge < -0.3 is 19.5 Å². The van der Waals surface area contributed by atoms with Crippen molar-refractivity contribution in [1.29, 1.82) is 0 Å². The minimum atomic E-state index is -0.472. The van der Waals surface area contributed by atoms with E-state index in [9.17, 15) is 14.0 Å². The molecule has 1 N–H and O–H groups in total. The molecule has 1 aliphatic heterocycles. The van der Waals surface area contributed by atoms with Gasteiger partial charge in [-0.25, -0.2) is 4.39 Å². The van der Waals surface area contributed by atoms with E-state index < -0.39 is 5.82 Å².